The number of nitrogens with two attached hydrogens (primary N) is 1. The number of nitrogens with zero attached hydrogens (tertiary/aromatic N) is 5. The second-order valence-electron chi connectivity index (χ2n) is 7.41. The van der Waals surface area contributed by atoms with Gasteiger partial charge in [-0.25, -0.2) is 0 Å². The molecule has 7 heteroatoms. The Kier molecular flexibility index (Phi) is 4.32. The SMILES string of the molecule is CC1CN(C)CCN1c1cc(N2CC3CCC(C2)O3)nnc1CN. The molecule has 0 amide bonds. The standard InChI is InChI=1S/C17H28N6O/c1-12-9-21(2)5-6-23(12)16-7-17(20-19-15(16)8-18)22-10-13-3-4-14(11-22)24-13/h7,12-14H,3-6,8-11,18H2,1-2H3. The van der Waals surface area contributed by atoms with Gasteiger partial charge >= 0.3 is 0 Å². The molecule has 0 radical (unpaired) electrons. The van der Waals surface area contributed by atoms with E-state index >= 15 is 0 Å². The molecule has 7 nitrogen and oxygen atoms in total. The number of ether oxygens (including phenoxy) is 1. The first-order valence-electron chi connectivity index (χ1n) is 9.06. The highest BCUT2D eigenvalue weighted by molar-refractivity contribution is 5.59. The maximum absolute atomic E-state index is 5.94. The van der Waals surface area contributed by atoms with Crippen molar-refractivity contribution in [2.45, 2.75) is 44.6 Å². The average Bonchev–Trinajstić information content (AvgIpc) is 2.92. The lowest BCUT2D eigenvalue weighted by Gasteiger charge is -2.40. The van der Waals surface area contributed by atoms with E-state index in [0.717, 1.165) is 62.8 Å². The molecule has 3 saturated heterocycles. The van der Waals surface area contributed by atoms with Crippen LogP contribution in [0.2, 0.25) is 0 Å². The van der Waals surface area contributed by atoms with Gasteiger partial charge in [-0.1, -0.05) is 0 Å². The van der Waals surface area contributed by atoms with E-state index in [1.165, 1.54) is 0 Å². The molecule has 0 saturated carbocycles. The van der Waals surface area contributed by atoms with Crippen molar-refractivity contribution in [3.8, 4) is 0 Å². The van der Waals surface area contributed by atoms with E-state index in [9.17, 15) is 0 Å². The minimum atomic E-state index is 0.353. The Morgan fingerprint density at radius 3 is 2.58 bits per heavy atom. The molecule has 1 aromatic heterocycles. The van der Waals surface area contributed by atoms with Crippen LogP contribution in [0.4, 0.5) is 11.5 Å². The molecule has 4 rings (SSSR count). The minimum absolute atomic E-state index is 0.353. The Balaban J connectivity index is 1.61. The molecule has 3 aliphatic heterocycles. The fraction of sp³-hybridized carbons (Fsp3) is 0.765. The molecule has 2 bridgehead atoms. The first kappa shape index (κ1) is 16.1. The molecular weight excluding hydrogens is 304 g/mol. The number of fused-ring (bicyclic) bond motifs is 2. The Hall–Kier alpha value is -1.44. The van der Waals surface area contributed by atoms with Gasteiger partial charge in [-0.3, -0.25) is 0 Å². The van der Waals surface area contributed by atoms with Crippen molar-refractivity contribution in [3.05, 3.63) is 11.8 Å². The first-order valence-corrected chi connectivity index (χ1v) is 9.06. The van der Waals surface area contributed by atoms with Crippen LogP contribution in [0.25, 0.3) is 0 Å². The van der Waals surface area contributed by atoms with Crippen LogP contribution in [0.15, 0.2) is 6.07 Å². The zero-order valence-corrected chi connectivity index (χ0v) is 14.7. The summed E-state index contributed by atoms with van der Waals surface area (Å²) >= 11 is 0. The van der Waals surface area contributed by atoms with Gasteiger partial charge in [0.1, 0.15) is 5.69 Å². The fourth-order valence-electron chi connectivity index (χ4n) is 4.25. The van der Waals surface area contributed by atoms with Gasteiger partial charge in [0.05, 0.1) is 17.9 Å². The maximum atomic E-state index is 5.94. The highest BCUT2D eigenvalue weighted by Crippen LogP contribution is 2.31. The first-order chi connectivity index (χ1) is 11.6. The van der Waals surface area contributed by atoms with Crippen molar-refractivity contribution < 1.29 is 4.74 Å². The Morgan fingerprint density at radius 1 is 1.17 bits per heavy atom. The van der Waals surface area contributed by atoms with E-state index < -0.39 is 0 Å². The molecule has 3 fully saturated rings. The minimum Gasteiger partial charge on any atom is -0.371 e. The number of rotatable bonds is 3. The topological polar surface area (TPSA) is 70.8 Å². The van der Waals surface area contributed by atoms with Gasteiger partial charge in [-0.05, 0) is 26.8 Å². The van der Waals surface area contributed by atoms with Crippen molar-refractivity contribution in [2.24, 2.45) is 5.73 Å². The van der Waals surface area contributed by atoms with E-state index in [1.54, 1.807) is 0 Å². The second-order valence-corrected chi connectivity index (χ2v) is 7.41. The quantitative estimate of drug-likeness (QED) is 0.861. The van der Waals surface area contributed by atoms with Gasteiger partial charge in [0, 0.05) is 51.4 Å². The number of hydrogen-bond donors (Lipinski definition) is 1. The highest BCUT2D eigenvalue weighted by atomic mass is 16.5. The number of aromatic nitrogens is 2. The zero-order valence-electron chi connectivity index (χ0n) is 14.7. The van der Waals surface area contributed by atoms with Gasteiger partial charge in [-0.2, -0.15) is 0 Å². The summed E-state index contributed by atoms with van der Waals surface area (Å²) in [5.41, 5.74) is 7.99. The largest absolute Gasteiger partial charge is 0.371 e. The summed E-state index contributed by atoms with van der Waals surface area (Å²) in [7, 11) is 2.18. The van der Waals surface area contributed by atoms with Crippen LogP contribution in [0, 0.1) is 0 Å². The summed E-state index contributed by atoms with van der Waals surface area (Å²) < 4.78 is 5.94. The molecule has 2 N–H and O–H groups in total. The Morgan fingerprint density at radius 2 is 1.92 bits per heavy atom. The van der Waals surface area contributed by atoms with Gasteiger partial charge in [0.25, 0.3) is 0 Å². The molecule has 0 spiro atoms. The monoisotopic (exact) mass is 332 g/mol. The number of morpholine rings is 1. The summed E-state index contributed by atoms with van der Waals surface area (Å²) in [6.07, 6.45) is 3.03. The third-order valence-corrected chi connectivity index (χ3v) is 5.54. The third-order valence-electron chi connectivity index (χ3n) is 5.54. The lowest BCUT2D eigenvalue weighted by molar-refractivity contribution is 0.0301. The summed E-state index contributed by atoms with van der Waals surface area (Å²) in [5.74, 6) is 0.966. The van der Waals surface area contributed by atoms with Crippen molar-refractivity contribution >= 4 is 11.5 Å². The number of anilines is 2. The number of likely N-dealkylation sites (N-methyl/N-ethyl adjacent to an activating group) is 1. The normalized spacial score (nSPS) is 30.9. The number of piperazine rings is 1. The number of hydrogen-bond acceptors (Lipinski definition) is 7. The van der Waals surface area contributed by atoms with Gasteiger partial charge in [0.15, 0.2) is 5.82 Å². The second kappa shape index (κ2) is 6.46. The van der Waals surface area contributed by atoms with Crippen molar-refractivity contribution in [3.63, 3.8) is 0 Å². The van der Waals surface area contributed by atoms with E-state index in [-0.39, 0.29) is 0 Å². The van der Waals surface area contributed by atoms with Gasteiger partial charge < -0.3 is 25.2 Å². The molecular formula is C17H28N6O. The summed E-state index contributed by atoms with van der Waals surface area (Å²) in [4.78, 5) is 7.15. The van der Waals surface area contributed by atoms with Crippen LogP contribution in [0.3, 0.4) is 0 Å². The molecule has 132 valence electrons. The van der Waals surface area contributed by atoms with Crippen LogP contribution < -0.4 is 15.5 Å². The van der Waals surface area contributed by atoms with Crippen LogP contribution >= 0.6 is 0 Å². The van der Waals surface area contributed by atoms with Crippen molar-refractivity contribution in [2.75, 3.05) is 49.6 Å². The molecule has 0 aromatic carbocycles. The predicted molar refractivity (Wildman–Crippen MR) is 94.3 cm³/mol. The van der Waals surface area contributed by atoms with Crippen LogP contribution in [0.1, 0.15) is 25.5 Å². The summed E-state index contributed by atoms with van der Waals surface area (Å²) in [6, 6.07) is 2.65. The van der Waals surface area contributed by atoms with Crippen molar-refractivity contribution in [1.29, 1.82) is 0 Å². The zero-order chi connectivity index (χ0) is 16.7. The predicted octanol–water partition coefficient (Wildman–Crippen LogP) is 0.443. The average molecular weight is 332 g/mol. The van der Waals surface area contributed by atoms with Crippen molar-refractivity contribution in [1.82, 2.24) is 15.1 Å². The van der Waals surface area contributed by atoms with E-state index in [0.29, 0.717) is 24.8 Å². The molecule has 0 aliphatic carbocycles. The van der Waals surface area contributed by atoms with E-state index in [1.807, 2.05) is 0 Å². The lowest BCUT2D eigenvalue weighted by atomic mass is 10.1. The Bertz CT molecular complexity index is 584. The summed E-state index contributed by atoms with van der Waals surface area (Å²) in [5, 5.41) is 8.93. The van der Waals surface area contributed by atoms with Gasteiger partial charge in [-0.15, -0.1) is 10.2 Å². The molecule has 1 aromatic rings. The smallest absolute Gasteiger partial charge is 0.153 e. The van der Waals surface area contributed by atoms with Crippen LogP contribution in [-0.2, 0) is 11.3 Å². The third kappa shape index (κ3) is 2.96. The maximum Gasteiger partial charge on any atom is 0.153 e. The van der Waals surface area contributed by atoms with E-state index in [2.05, 4.69) is 44.9 Å². The highest BCUT2D eigenvalue weighted by Gasteiger charge is 2.35. The fourth-order valence-corrected chi connectivity index (χ4v) is 4.25. The summed E-state index contributed by atoms with van der Waals surface area (Å²) in [6.45, 7) is 7.66. The molecule has 24 heavy (non-hydrogen) atoms. The molecule has 4 heterocycles. The van der Waals surface area contributed by atoms with Crippen LogP contribution in [0.5, 0.6) is 0 Å². The molecule has 3 unspecified atom stereocenters. The molecule has 3 aliphatic rings. The van der Waals surface area contributed by atoms with Gasteiger partial charge in [0.2, 0.25) is 0 Å². The van der Waals surface area contributed by atoms with Crippen LogP contribution in [-0.4, -0.2) is 73.1 Å². The molecule has 3 atom stereocenters. The lowest BCUT2D eigenvalue weighted by Crippen LogP contribution is -2.51. The Labute approximate surface area is 143 Å². The van der Waals surface area contributed by atoms with E-state index in [4.69, 9.17) is 10.5 Å².